The van der Waals surface area contributed by atoms with Crippen LogP contribution in [-0.4, -0.2) is 73.6 Å². The number of hydrogen-bond donors (Lipinski definition) is 0. The molecule has 198 valence electrons. The van der Waals surface area contributed by atoms with Gasteiger partial charge in [-0.1, -0.05) is 0 Å². The van der Waals surface area contributed by atoms with E-state index in [4.69, 9.17) is 33.3 Å². The molecule has 0 aliphatic rings. The van der Waals surface area contributed by atoms with Crippen molar-refractivity contribution >= 4 is 20.5 Å². The highest BCUT2D eigenvalue weighted by atomic mass is 31.2. The van der Waals surface area contributed by atoms with Gasteiger partial charge in [-0.25, -0.2) is 4.67 Å². The summed E-state index contributed by atoms with van der Waals surface area (Å²) in [6.07, 6.45) is 0.0137. The van der Waals surface area contributed by atoms with E-state index in [0.29, 0.717) is 26.2 Å². The molecular formula is C23H43N2O8P. The van der Waals surface area contributed by atoms with Crippen molar-refractivity contribution in [3.05, 3.63) is 0 Å². The summed E-state index contributed by atoms with van der Waals surface area (Å²) < 4.78 is 35.8. The number of carbonyl (C=O) groups excluding carboxylic acids is 2. The maximum absolute atomic E-state index is 11.2. The molecule has 0 N–H and O–H groups in total. The van der Waals surface area contributed by atoms with Crippen LogP contribution >= 0.6 is 8.53 Å². The number of rotatable bonds is 19. The first-order valence-corrected chi connectivity index (χ1v) is 12.9. The van der Waals surface area contributed by atoms with E-state index < -0.39 is 39.0 Å². The first-order valence-electron chi connectivity index (χ1n) is 11.8. The summed E-state index contributed by atoms with van der Waals surface area (Å²) in [4.78, 5) is 22.4. The van der Waals surface area contributed by atoms with Gasteiger partial charge in [0.05, 0.1) is 25.7 Å². The van der Waals surface area contributed by atoms with Crippen LogP contribution in [0, 0.1) is 11.3 Å². The van der Waals surface area contributed by atoms with Gasteiger partial charge in [0.1, 0.15) is 18.8 Å². The fourth-order valence-corrected chi connectivity index (χ4v) is 4.65. The summed E-state index contributed by atoms with van der Waals surface area (Å²) in [6, 6.07) is 2.60. The Bertz CT molecular complexity index is 606. The van der Waals surface area contributed by atoms with E-state index in [1.165, 1.54) is 13.8 Å². The van der Waals surface area contributed by atoms with Crippen LogP contribution in [0.5, 0.6) is 0 Å². The van der Waals surface area contributed by atoms with Crippen molar-refractivity contribution in [3.63, 3.8) is 0 Å². The van der Waals surface area contributed by atoms with E-state index in [1.54, 1.807) is 13.8 Å². The van der Waals surface area contributed by atoms with Crippen molar-refractivity contribution < 1.29 is 37.6 Å². The van der Waals surface area contributed by atoms with Gasteiger partial charge >= 0.3 is 11.9 Å². The van der Waals surface area contributed by atoms with E-state index in [1.807, 2.05) is 0 Å². The topological polar surface area (TPSA) is 117 Å². The third-order valence-corrected chi connectivity index (χ3v) is 6.56. The molecule has 0 saturated carbocycles. The molecule has 0 radical (unpaired) electrons. The van der Waals surface area contributed by atoms with Gasteiger partial charge in [-0.15, -0.1) is 0 Å². The standard InChI is InChI=1S/C23H43N2O8P/c1-17(2)25(18(3)4)34(31-15-11-12-24)30-14-10-9-13-28-22(8)33-23(16-29-20(6)26)19(5)32-21(7)27/h17-19,22-23H,9-11,13-16H2,1-8H3/t19-,22-,23?,34?/m1/s1. The fourth-order valence-electron chi connectivity index (χ4n) is 3.02. The average molecular weight is 507 g/mol. The number of carbonyl (C=O) groups is 2. The van der Waals surface area contributed by atoms with Gasteiger partial charge in [0.2, 0.25) is 0 Å². The second-order valence-corrected chi connectivity index (χ2v) is 9.77. The predicted molar refractivity (Wildman–Crippen MR) is 129 cm³/mol. The summed E-state index contributed by atoms with van der Waals surface area (Å²) in [5.74, 6) is -0.884. The van der Waals surface area contributed by atoms with Crippen molar-refractivity contribution in [2.45, 2.75) is 105 Å². The van der Waals surface area contributed by atoms with Gasteiger partial charge in [0, 0.05) is 32.5 Å². The Morgan fingerprint density at radius 1 is 0.912 bits per heavy atom. The minimum atomic E-state index is -1.25. The number of hydrogen-bond acceptors (Lipinski definition) is 10. The molecule has 0 aromatic heterocycles. The molecule has 0 saturated heterocycles. The predicted octanol–water partition coefficient (Wildman–Crippen LogP) is 4.32. The van der Waals surface area contributed by atoms with Crippen molar-refractivity contribution in [3.8, 4) is 6.07 Å². The summed E-state index contributed by atoms with van der Waals surface area (Å²) in [7, 11) is -1.25. The Balaban J connectivity index is 4.50. The van der Waals surface area contributed by atoms with E-state index in [2.05, 4.69) is 38.4 Å². The normalized spacial score (nSPS) is 15.1. The maximum Gasteiger partial charge on any atom is 0.302 e. The zero-order valence-corrected chi connectivity index (χ0v) is 22.8. The van der Waals surface area contributed by atoms with Crippen LogP contribution in [0.25, 0.3) is 0 Å². The molecule has 0 spiro atoms. The smallest absolute Gasteiger partial charge is 0.302 e. The quantitative estimate of drug-likeness (QED) is 0.108. The molecule has 0 amide bonds. The second kappa shape index (κ2) is 18.9. The first-order chi connectivity index (χ1) is 16.0. The lowest BCUT2D eigenvalue weighted by Crippen LogP contribution is -2.38. The highest BCUT2D eigenvalue weighted by Crippen LogP contribution is 2.46. The minimum Gasteiger partial charge on any atom is -0.463 e. The van der Waals surface area contributed by atoms with Gasteiger partial charge in [-0.05, 0) is 54.4 Å². The molecule has 0 heterocycles. The summed E-state index contributed by atoms with van der Waals surface area (Å²) in [5.41, 5.74) is 0. The van der Waals surface area contributed by atoms with E-state index in [0.717, 1.165) is 12.8 Å². The van der Waals surface area contributed by atoms with Crippen molar-refractivity contribution in [2.24, 2.45) is 0 Å². The molecule has 0 aliphatic carbocycles. The number of ether oxygens (including phenoxy) is 4. The van der Waals surface area contributed by atoms with Gasteiger partial charge in [0.25, 0.3) is 8.53 Å². The SMILES string of the molecule is CC(=O)OCC(O[C@H](C)OCCCCOP(OCCC#N)N(C(C)C)C(C)C)[C@@H](C)OC(C)=O. The van der Waals surface area contributed by atoms with Gasteiger partial charge in [0.15, 0.2) is 6.29 Å². The van der Waals surface area contributed by atoms with Crippen molar-refractivity contribution in [2.75, 3.05) is 26.4 Å². The monoisotopic (exact) mass is 506 g/mol. The lowest BCUT2D eigenvalue weighted by molar-refractivity contribution is -0.203. The summed E-state index contributed by atoms with van der Waals surface area (Å²) in [6.45, 7) is 15.7. The zero-order chi connectivity index (χ0) is 26.1. The summed E-state index contributed by atoms with van der Waals surface area (Å²) in [5, 5.41) is 8.79. The number of nitrogens with zero attached hydrogens (tertiary/aromatic N) is 2. The molecule has 0 fully saturated rings. The Morgan fingerprint density at radius 3 is 2.03 bits per heavy atom. The first kappa shape index (κ1) is 32.7. The number of esters is 2. The molecule has 10 nitrogen and oxygen atoms in total. The zero-order valence-electron chi connectivity index (χ0n) is 21.9. The lowest BCUT2D eigenvalue weighted by Gasteiger charge is -2.35. The van der Waals surface area contributed by atoms with Crippen molar-refractivity contribution in [1.82, 2.24) is 4.67 Å². The van der Waals surface area contributed by atoms with Gasteiger partial charge < -0.3 is 28.0 Å². The molecule has 0 aromatic carbocycles. The van der Waals surface area contributed by atoms with Crippen LogP contribution in [0.1, 0.15) is 74.7 Å². The van der Waals surface area contributed by atoms with Crippen LogP contribution in [0.15, 0.2) is 0 Å². The third kappa shape index (κ3) is 15.5. The molecule has 0 aliphatic heterocycles. The Kier molecular flexibility index (Phi) is 18.2. The number of nitriles is 1. The minimum absolute atomic E-state index is 0.0388. The largest absolute Gasteiger partial charge is 0.463 e. The Morgan fingerprint density at radius 2 is 1.50 bits per heavy atom. The van der Waals surface area contributed by atoms with Gasteiger partial charge in [-0.3, -0.25) is 9.59 Å². The average Bonchev–Trinajstić information content (AvgIpc) is 2.72. The Labute approximate surface area is 206 Å². The number of unbranched alkanes of at least 4 members (excludes halogenated alkanes) is 1. The fraction of sp³-hybridized carbons (Fsp3) is 0.870. The van der Waals surface area contributed by atoms with Crippen LogP contribution < -0.4 is 0 Å². The third-order valence-electron chi connectivity index (χ3n) is 4.45. The molecule has 2 unspecified atom stereocenters. The summed E-state index contributed by atoms with van der Waals surface area (Å²) >= 11 is 0. The van der Waals surface area contributed by atoms with Crippen LogP contribution in [-0.2, 0) is 37.6 Å². The van der Waals surface area contributed by atoms with E-state index in [-0.39, 0.29) is 18.7 Å². The molecule has 0 aromatic rings. The van der Waals surface area contributed by atoms with Crippen LogP contribution in [0.2, 0.25) is 0 Å². The molecule has 11 heteroatoms. The maximum atomic E-state index is 11.2. The molecule has 34 heavy (non-hydrogen) atoms. The molecule has 4 atom stereocenters. The van der Waals surface area contributed by atoms with E-state index in [9.17, 15) is 9.59 Å². The highest BCUT2D eigenvalue weighted by Gasteiger charge is 2.27. The molecule has 0 bridgehead atoms. The Hall–Kier alpha value is -1.34. The highest BCUT2D eigenvalue weighted by molar-refractivity contribution is 7.44. The van der Waals surface area contributed by atoms with Crippen LogP contribution in [0.4, 0.5) is 0 Å². The molecule has 0 rings (SSSR count). The van der Waals surface area contributed by atoms with Crippen LogP contribution in [0.3, 0.4) is 0 Å². The lowest BCUT2D eigenvalue weighted by atomic mass is 10.2. The van der Waals surface area contributed by atoms with Gasteiger partial charge in [-0.2, -0.15) is 5.26 Å². The second-order valence-electron chi connectivity index (χ2n) is 8.32. The van der Waals surface area contributed by atoms with E-state index >= 15 is 0 Å². The molecular weight excluding hydrogens is 463 g/mol. The van der Waals surface area contributed by atoms with Crippen molar-refractivity contribution in [1.29, 1.82) is 5.26 Å².